The lowest BCUT2D eigenvalue weighted by Crippen LogP contribution is -2.28. The standard InChI is InChI=1S/C23H24N4O3S2/c1-15(2)30-22-24-25-23(32-22)31-14-21(28)27-20(17-9-11-18(29-3)12-10-17)13-19(26-27)16-7-5-4-6-8-16/h4-12,15,20H,13-14H2,1-3H3. The molecule has 1 aliphatic rings. The zero-order chi connectivity index (χ0) is 22.5. The van der Waals surface area contributed by atoms with Crippen LogP contribution in [-0.2, 0) is 4.79 Å². The molecule has 1 atom stereocenters. The number of amides is 1. The third kappa shape index (κ3) is 5.28. The summed E-state index contributed by atoms with van der Waals surface area (Å²) in [4.78, 5) is 13.2. The van der Waals surface area contributed by atoms with Crippen LogP contribution in [0, 0.1) is 0 Å². The average molecular weight is 469 g/mol. The van der Waals surface area contributed by atoms with Crippen molar-refractivity contribution in [3.05, 3.63) is 65.7 Å². The van der Waals surface area contributed by atoms with Crippen LogP contribution in [0.3, 0.4) is 0 Å². The summed E-state index contributed by atoms with van der Waals surface area (Å²) in [5.74, 6) is 0.914. The maximum absolute atomic E-state index is 13.2. The molecule has 1 aromatic heterocycles. The number of aromatic nitrogens is 2. The summed E-state index contributed by atoms with van der Waals surface area (Å²) >= 11 is 2.69. The molecule has 2 aromatic carbocycles. The van der Waals surface area contributed by atoms with Crippen LogP contribution in [0.1, 0.15) is 37.4 Å². The molecular weight excluding hydrogens is 444 g/mol. The number of thioether (sulfide) groups is 1. The number of carbonyl (C=O) groups is 1. The number of ether oxygens (including phenoxy) is 2. The Morgan fingerprint density at radius 1 is 1.16 bits per heavy atom. The van der Waals surface area contributed by atoms with Crippen molar-refractivity contribution in [2.45, 2.75) is 36.8 Å². The van der Waals surface area contributed by atoms with Crippen molar-refractivity contribution in [1.29, 1.82) is 0 Å². The molecular formula is C23H24N4O3S2. The Bertz CT molecular complexity index is 1080. The molecule has 2 heterocycles. The first-order valence-electron chi connectivity index (χ1n) is 10.3. The first kappa shape index (κ1) is 22.3. The van der Waals surface area contributed by atoms with E-state index in [1.807, 2.05) is 68.4 Å². The summed E-state index contributed by atoms with van der Waals surface area (Å²) < 4.78 is 11.5. The van der Waals surface area contributed by atoms with Crippen LogP contribution < -0.4 is 9.47 Å². The highest BCUT2D eigenvalue weighted by atomic mass is 32.2. The molecule has 1 unspecified atom stereocenters. The second kappa shape index (κ2) is 10.1. The highest BCUT2D eigenvalue weighted by molar-refractivity contribution is 8.01. The minimum absolute atomic E-state index is 0.0306. The molecule has 0 saturated carbocycles. The van der Waals surface area contributed by atoms with Gasteiger partial charge in [-0.1, -0.05) is 59.3 Å². The molecule has 0 N–H and O–H groups in total. The number of rotatable bonds is 8. The SMILES string of the molecule is COc1ccc(C2CC(c3ccccc3)=NN2C(=O)CSc2nnc(OC(C)C)s2)cc1. The maximum Gasteiger partial charge on any atom is 0.295 e. The topological polar surface area (TPSA) is 76.9 Å². The predicted octanol–water partition coefficient (Wildman–Crippen LogP) is 4.80. The molecule has 4 rings (SSSR count). The first-order valence-corrected chi connectivity index (χ1v) is 12.1. The van der Waals surface area contributed by atoms with E-state index in [-0.39, 0.29) is 23.8 Å². The van der Waals surface area contributed by atoms with Crippen molar-refractivity contribution in [2.75, 3.05) is 12.9 Å². The Hall–Kier alpha value is -2.91. The second-order valence-corrected chi connectivity index (χ2v) is 9.60. The van der Waals surface area contributed by atoms with Crippen LogP contribution in [0.15, 0.2) is 64.0 Å². The second-order valence-electron chi connectivity index (χ2n) is 7.43. The fraction of sp³-hybridized carbons (Fsp3) is 0.304. The number of hydrogen-bond donors (Lipinski definition) is 0. The van der Waals surface area contributed by atoms with Gasteiger partial charge in [-0.25, -0.2) is 5.01 Å². The molecule has 0 bridgehead atoms. The van der Waals surface area contributed by atoms with Gasteiger partial charge in [0.1, 0.15) is 5.75 Å². The van der Waals surface area contributed by atoms with Gasteiger partial charge in [0.25, 0.3) is 11.1 Å². The quantitative estimate of drug-likeness (QED) is 0.442. The first-order chi connectivity index (χ1) is 15.5. The third-order valence-corrected chi connectivity index (χ3v) is 6.75. The highest BCUT2D eigenvalue weighted by Crippen LogP contribution is 2.35. The number of hydrogen-bond acceptors (Lipinski definition) is 8. The Morgan fingerprint density at radius 2 is 1.91 bits per heavy atom. The fourth-order valence-electron chi connectivity index (χ4n) is 3.33. The van der Waals surface area contributed by atoms with Gasteiger partial charge in [-0.05, 0) is 48.4 Å². The van der Waals surface area contributed by atoms with Crippen LogP contribution in [0.5, 0.6) is 10.9 Å². The maximum atomic E-state index is 13.2. The Kier molecular flexibility index (Phi) is 7.06. The van der Waals surface area contributed by atoms with Gasteiger partial charge in [0.15, 0.2) is 4.34 Å². The Labute approximate surface area is 195 Å². The molecule has 7 nitrogen and oxygen atoms in total. The zero-order valence-electron chi connectivity index (χ0n) is 18.1. The number of benzene rings is 2. The van der Waals surface area contributed by atoms with Crippen molar-refractivity contribution < 1.29 is 14.3 Å². The largest absolute Gasteiger partial charge is 0.497 e. The lowest BCUT2D eigenvalue weighted by Gasteiger charge is -2.22. The van der Waals surface area contributed by atoms with E-state index in [1.165, 1.54) is 23.1 Å². The molecule has 0 radical (unpaired) electrons. The molecule has 0 spiro atoms. The van der Waals surface area contributed by atoms with Crippen LogP contribution >= 0.6 is 23.1 Å². The predicted molar refractivity (Wildman–Crippen MR) is 127 cm³/mol. The van der Waals surface area contributed by atoms with Gasteiger partial charge < -0.3 is 9.47 Å². The van der Waals surface area contributed by atoms with Gasteiger partial charge in [-0.3, -0.25) is 4.79 Å². The minimum Gasteiger partial charge on any atom is -0.497 e. The summed E-state index contributed by atoms with van der Waals surface area (Å²) in [5, 5.41) is 15.0. The number of methoxy groups -OCH3 is 1. The lowest BCUT2D eigenvalue weighted by molar-refractivity contribution is -0.130. The van der Waals surface area contributed by atoms with E-state index < -0.39 is 0 Å². The number of carbonyl (C=O) groups excluding carboxylic acids is 1. The van der Waals surface area contributed by atoms with Crippen molar-refractivity contribution in [3.63, 3.8) is 0 Å². The van der Waals surface area contributed by atoms with E-state index in [0.29, 0.717) is 16.0 Å². The molecule has 166 valence electrons. The summed E-state index contributed by atoms with van der Waals surface area (Å²) in [6, 6.07) is 17.6. The van der Waals surface area contributed by atoms with Crippen LogP contribution in [0.25, 0.3) is 0 Å². The Morgan fingerprint density at radius 3 is 2.59 bits per heavy atom. The molecule has 3 aromatic rings. The molecule has 0 saturated heterocycles. The van der Waals surface area contributed by atoms with Gasteiger partial charge in [-0.15, -0.1) is 5.10 Å². The number of hydrazone groups is 1. The normalized spacial score (nSPS) is 15.7. The van der Waals surface area contributed by atoms with E-state index in [2.05, 4.69) is 10.2 Å². The molecule has 9 heteroatoms. The van der Waals surface area contributed by atoms with E-state index in [4.69, 9.17) is 14.6 Å². The summed E-state index contributed by atoms with van der Waals surface area (Å²) in [5.41, 5.74) is 2.93. The van der Waals surface area contributed by atoms with Gasteiger partial charge in [-0.2, -0.15) is 5.10 Å². The lowest BCUT2D eigenvalue weighted by atomic mass is 9.98. The average Bonchev–Trinajstić information content (AvgIpc) is 3.45. The van der Waals surface area contributed by atoms with Gasteiger partial charge in [0.05, 0.1) is 30.7 Å². The van der Waals surface area contributed by atoms with Gasteiger partial charge >= 0.3 is 0 Å². The van der Waals surface area contributed by atoms with E-state index >= 15 is 0 Å². The van der Waals surface area contributed by atoms with Crippen molar-refractivity contribution in [3.8, 4) is 10.9 Å². The summed E-state index contributed by atoms with van der Waals surface area (Å²) in [7, 11) is 1.64. The van der Waals surface area contributed by atoms with E-state index in [1.54, 1.807) is 12.1 Å². The Balaban J connectivity index is 1.51. The molecule has 32 heavy (non-hydrogen) atoms. The monoisotopic (exact) mass is 468 g/mol. The smallest absolute Gasteiger partial charge is 0.295 e. The van der Waals surface area contributed by atoms with Crippen LogP contribution in [0.4, 0.5) is 0 Å². The van der Waals surface area contributed by atoms with Crippen LogP contribution in [-0.4, -0.2) is 45.8 Å². The van der Waals surface area contributed by atoms with Gasteiger partial charge in [0.2, 0.25) is 0 Å². The van der Waals surface area contributed by atoms with Crippen molar-refractivity contribution in [2.24, 2.45) is 5.10 Å². The molecule has 1 amide bonds. The van der Waals surface area contributed by atoms with E-state index in [0.717, 1.165) is 22.6 Å². The summed E-state index contributed by atoms with van der Waals surface area (Å²) in [6.07, 6.45) is 0.681. The van der Waals surface area contributed by atoms with Crippen molar-refractivity contribution in [1.82, 2.24) is 15.2 Å². The molecule has 0 fully saturated rings. The highest BCUT2D eigenvalue weighted by Gasteiger charge is 2.33. The number of nitrogens with zero attached hydrogens (tertiary/aromatic N) is 4. The van der Waals surface area contributed by atoms with Crippen molar-refractivity contribution >= 4 is 34.7 Å². The van der Waals surface area contributed by atoms with E-state index in [9.17, 15) is 4.79 Å². The minimum atomic E-state index is -0.168. The zero-order valence-corrected chi connectivity index (χ0v) is 19.7. The van der Waals surface area contributed by atoms with Crippen LogP contribution in [0.2, 0.25) is 0 Å². The van der Waals surface area contributed by atoms with Gasteiger partial charge in [0, 0.05) is 6.42 Å². The third-order valence-electron chi connectivity index (χ3n) is 4.82. The summed E-state index contributed by atoms with van der Waals surface area (Å²) in [6.45, 7) is 3.87. The molecule has 1 aliphatic heterocycles. The fourth-order valence-corrected chi connectivity index (χ4v) is 4.98. The molecule has 0 aliphatic carbocycles.